The zero-order valence-corrected chi connectivity index (χ0v) is 27.5. The van der Waals surface area contributed by atoms with Gasteiger partial charge in [0, 0.05) is 34.7 Å². The maximum absolute atomic E-state index is 9.97. The fourth-order valence-corrected chi connectivity index (χ4v) is 6.10. The van der Waals surface area contributed by atoms with Gasteiger partial charge in [-0.15, -0.1) is 0 Å². The summed E-state index contributed by atoms with van der Waals surface area (Å²) in [5.41, 5.74) is 2.80. The molecular formula is C40H24N10O. The van der Waals surface area contributed by atoms with Crippen LogP contribution in [0.2, 0.25) is 0 Å². The monoisotopic (exact) mass is 660 g/mol. The standard InChI is InChI=1S/C40H24N10O/c1-40(2,3)23-16-17-46-34(18-23)50-32-12-8-7-10-25(32)26-15-14-24(19-33(26)50)51-35-13-9-11-29(47-35)30-20-31(49-48-30)36-27(21-41)28(22-42)37(43-4)39(45-6)38(36)44-5/h7-20H,1-3H3,(H,48,49). The fourth-order valence-electron chi connectivity index (χ4n) is 6.10. The van der Waals surface area contributed by atoms with Crippen molar-refractivity contribution in [2.75, 3.05) is 0 Å². The minimum atomic E-state index is -0.325. The van der Waals surface area contributed by atoms with Crippen molar-refractivity contribution < 1.29 is 4.74 Å². The topological polar surface area (TPSA) is 129 Å². The van der Waals surface area contributed by atoms with E-state index in [1.54, 1.807) is 24.3 Å². The van der Waals surface area contributed by atoms with Crippen LogP contribution in [0.3, 0.4) is 0 Å². The molecule has 4 aromatic heterocycles. The van der Waals surface area contributed by atoms with Crippen molar-refractivity contribution in [3.63, 3.8) is 0 Å². The fraction of sp³-hybridized carbons (Fsp3) is 0.100. The van der Waals surface area contributed by atoms with Gasteiger partial charge in [-0.3, -0.25) is 24.2 Å². The van der Waals surface area contributed by atoms with E-state index in [9.17, 15) is 10.5 Å². The lowest BCUT2D eigenvalue weighted by molar-refractivity contribution is 0.464. The molecule has 0 fully saturated rings. The molecule has 7 rings (SSSR count). The number of hydrogen-bond acceptors (Lipinski definition) is 6. The number of rotatable bonds is 5. The van der Waals surface area contributed by atoms with Gasteiger partial charge in [-0.2, -0.15) is 15.6 Å². The van der Waals surface area contributed by atoms with Gasteiger partial charge in [0.25, 0.3) is 0 Å². The quantitative estimate of drug-likeness (QED) is 0.183. The minimum Gasteiger partial charge on any atom is -0.439 e. The number of para-hydroxylation sites is 1. The van der Waals surface area contributed by atoms with Crippen molar-refractivity contribution in [2.24, 2.45) is 0 Å². The Morgan fingerprint density at radius 1 is 0.765 bits per heavy atom. The number of nitriles is 2. The lowest BCUT2D eigenvalue weighted by Crippen LogP contribution is -2.12. The number of nitrogens with one attached hydrogen (secondary N) is 1. The van der Waals surface area contributed by atoms with Gasteiger partial charge in [-0.25, -0.2) is 9.97 Å². The Labute approximate surface area is 292 Å². The number of aromatic amines is 1. The zero-order valence-electron chi connectivity index (χ0n) is 27.5. The molecule has 0 aliphatic carbocycles. The van der Waals surface area contributed by atoms with E-state index in [2.05, 4.69) is 73.3 Å². The van der Waals surface area contributed by atoms with Gasteiger partial charge in [-0.1, -0.05) is 45.0 Å². The molecule has 240 valence electrons. The van der Waals surface area contributed by atoms with Crippen LogP contribution in [0.15, 0.2) is 85.1 Å². The number of hydrogen-bond donors (Lipinski definition) is 1. The number of fused-ring (bicyclic) bond motifs is 3. The van der Waals surface area contributed by atoms with Crippen LogP contribution in [0, 0.1) is 42.4 Å². The Kier molecular flexibility index (Phi) is 7.70. The van der Waals surface area contributed by atoms with E-state index in [-0.39, 0.29) is 44.9 Å². The summed E-state index contributed by atoms with van der Waals surface area (Å²) in [4.78, 5) is 19.5. The van der Waals surface area contributed by atoms with E-state index in [1.165, 1.54) is 5.56 Å². The van der Waals surface area contributed by atoms with E-state index in [0.717, 1.165) is 27.6 Å². The van der Waals surface area contributed by atoms with Crippen molar-refractivity contribution in [3.8, 4) is 52.2 Å². The molecule has 0 radical (unpaired) electrons. The first-order valence-corrected chi connectivity index (χ1v) is 15.6. The van der Waals surface area contributed by atoms with E-state index in [1.807, 2.05) is 54.7 Å². The number of H-pyrrole nitrogens is 1. The van der Waals surface area contributed by atoms with Gasteiger partial charge in [0.1, 0.15) is 11.6 Å². The van der Waals surface area contributed by atoms with Crippen molar-refractivity contribution in [1.29, 1.82) is 10.5 Å². The maximum atomic E-state index is 9.97. The maximum Gasteiger partial charge on any atom is 0.219 e. The zero-order chi connectivity index (χ0) is 35.9. The number of benzene rings is 3. The summed E-state index contributed by atoms with van der Waals surface area (Å²) in [5, 5.41) is 29.1. The molecule has 11 heteroatoms. The molecule has 0 aliphatic heterocycles. The summed E-state index contributed by atoms with van der Waals surface area (Å²) in [7, 11) is 0. The van der Waals surface area contributed by atoms with Gasteiger partial charge >= 0.3 is 0 Å². The molecule has 0 bridgehead atoms. The summed E-state index contributed by atoms with van der Waals surface area (Å²) >= 11 is 0. The lowest BCUT2D eigenvalue weighted by atomic mass is 9.88. The molecule has 7 aromatic rings. The normalized spacial score (nSPS) is 10.9. The van der Waals surface area contributed by atoms with Crippen molar-refractivity contribution in [1.82, 2.24) is 24.7 Å². The van der Waals surface area contributed by atoms with Gasteiger partial charge in [-0.05, 0) is 53.4 Å². The first-order valence-electron chi connectivity index (χ1n) is 15.6. The van der Waals surface area contributed by atoms with Crippen molar-refractivity contribution in [3.05, 3.63) is 136 Å². The smallest absolute Gasteiger partial charge is 0.219 e. The molecule has 4 heterocycles. The average Bonchev–Trinajstić information content (AvgIpc) is 3.76. The second-order valence-corrected chi connectivity index (χ2v) is 12.5. The van der Waals surface area contributed by atoms with Gasteiger partial charge in [0.15, 0.2) is 5.69 Å². The lowest BCUT2D eigenvalue weighted by Gasteiger charge is -2.20. The van der Waals surface area contributed by atoms with Crippen molar-refractivity contribution in [2.45, 2.75) is 26.2 Å². The number of nitrogens with zero attached hydrogens (tertiary/aromatic N) is 9. The number of pyridine rings is 2. The molecule has 0 saturated carbocycles. The van der Waals surface area contributed by atoms with Crippen LogP contribution in [0.1, 0.15) is 37.5 Å². The third kappa shape index (κ3) is 5.33. The van der Waals surface area contributed by atoms with Crippen LogP contribution in [0.4, 0.5) is 17.1 Å². The summed E-state index contributed by atoms with van der Waals surface area (Å²) < 4.78 is 8.44. The second kappa shape index (κ2) is 12.3. The van der Waals surface area contributed by atoms with Crippen LogP contribution >= 0.6 is 0 Å². The molecule has 51 heavy (non-hydrogen) atoms. The largest absolute Gasteiger partial charge is 0.439 e. The molecule has 3 aromatic carbocycles. The molecule has 0 aliphatic rings. The molecular weight excluding hydrogens is 637 g/mol. The van der Waals surface area contributed by atoms with Gasteiger partial charge in [0.2, 0.25) is 17.3 Å². The summed E-state index contributed by atoms with van der Waals surface area (Å²) in [5.74, 6) is 1.67. The first-order chi connectivity index (χ1) is 24.7. The number of aromatic nitrogens is 5. The molecule has 0 unspecified atom stereocenters. The third-order valence-corrected chi connectivity index (χ3v) is 8.52. The Morgan fingerprint density at radius 3 is 2.24 bits per heavy atom. The van der Waals surface area contributed by atoms with Crippen LogP contribution in [0.5, 0.6) is 11.6 Å². The van der Waals surface area contributed by atoms with Crippen LogP contribution < -0.4 is 4.74 Å². The molecule has 0 amide bonds. The van der Waals surface area contributed by atoms with Crippen LogP contribution in [-0.2, 0) is 5.41 Å². The van der Waals surface area contributed by atoms with Crippen LogP contribution in [0.25, 0.3) is 64.8 Å². The predicted molar refractivity (Wildman–Crippen MR) is 193 cm³/mol. The van der Waals surface area contributed by atoms with E-state index in [0.29, 0.717) is 23.0 Å². The highest BCUT2D eigenvalue weighted by Gasteiger charge is 2.27. The van der Waals surface area contributed by atoms with Gasteiger partial charge in [0.05, 0.1) is 71.1 Å². The Morgan fingerprint density at radius 2 is 1.51 bits per heavy atom. The minimum absolute atomic E-state index is 0.00331. The highest BCUT2D eigenvalue weighted by atomic mass is 16.5. The highest BCUT2D eigenvalue weighted by Crippen LogP contribution is 2.49. The highest BCUT2D eigenvalue weighted by molar-refractivity contribution is 6.09. The second-order valence-electron chi connectivity index (χ2n) is 12.5. The molecule has 0 saturated heterocycles. The number of ether oxygens (including phenoxy) is 1. The molecule has 0 atom stereocenters. The summed E-state index contributed by atoms with van der Waals surface area (Å²) in [6, 6.07) is 28.9. The molecule has 11 nitrogen and oxygen atoms in total. The predicted octanol–water partition coefficient (Wildman–Crippen LogP) is 10.1. The Hall–Kier alpha value is -7.78. The third-order valence-electron chi connectivity index (χ3n) is 8.52. The van der Waals surface area contributed by atoms with Crippen molar-refractivity contribution >= 4 is 38.9 Å². The Balaban J connectivity index is 1.28. The van der Waals surface area contributed by atoms with E-state index in [4.69, 9.17) is 29.4 Å². The van der Waals surface area contributed by atoms with E-state index < -0.39 is 0 Å². The van der Waals surface area contributed by atoms with E-state index >= 15 is 0 Å². The Bertz CT molecular complexity index is 2730. The average molecular weight is 661 g/mol. The molecule has 0 spiro atoms. The summed E-state index contributed by atoms with van der Waals surface area (Å²) in [6.07, 6.45) is 1.84. The van der Waals surface area contributed by atoms with Crippen LogP contribution in [-0.4, -0.2) is 24.7 Å². The molecule has 1 N–H and O–H groups in total. The summed E-state index contributed by atoms with van der Waals surface area (Å²) in [6.45, 7) is 29.3. The van der Waals surface area contributed by atoms with Gasteiger partial charge < -0.3 is 4.74 Å². The first kappa shape index (κ1) is 31.8. The SMILES string of the molecule is [C-]#[N+]c1c(C#N)c(C#N)c(-c2cc(-c3cccc(Oc4ccc5c6ccccc6n(-c6cc(C(C)(C)C)ccn6)c5c4)n3)[nH]n2)c([N+]#[C-])c1[N+]#[C-].